The molecule has 2 aliphatic rings. The van der Waals surface area contributed by atoms with E-state index >= 15 is 0 Å². The summed E-state index contributed by atoms with van der Waals surface area (Å²) in [5, 5.41) is 8.83. The van der Waals surface area contributed by atoms with Gasteiger partial charge in [0.15, 0.2) is 0 Å². The molecule has 1 saturated carbocycles. The van der Waals surface area contributed by atoms with E-state index in [-0.39, 0.29) is 0 Å². The van der Waals surface area contributed by atoms with Crippen molar-refractivity contribution in [1.82, 2.24) is 4.90 Å². The predicted octanol–water partition coefficient (Wildman–Crippen LogP) is 2.89. The summed E-state index contributed by atoms with van der Waals surface area (Å²) in [4.78, 5) is 13.4. The Morgan fingerprint density at radius 1 is 1.24 bits per heavy atom. The normalized spacial score (nSPS) is 35.0. The second-order valence-corrected chi connectivity index (χ2v) is 5.80. The average Bonchev–Trinajstić information content (AvgIpc) is 2.73. The van der Waals surface area contributed by atoms with E-state index in [4.69, 9.17) is 5.11 Å². The van der Waals surface area contributed by atoms with Crippen molar-refractivity contribution >= 4 is 5.97 Å². The molecule has 0 aromatic heterocycles. The molecular weight excluding hydrogens is 214 g/mol. The van der Waals surface area contributed by atoms with Gasteiger partial charge in [-0.25, -0.2) is 0 Å². The molecular formula is C14H25NO2. The summed E-state index contributed by atoms with van der Waals surface area (Å²) in [6, 6.07) is 1.26. The lowest BCUT2D eigenvalue weighted by atomic mass is 9.93. The van der Waals surface area contributed by atoms with Crippen LogP contribution < -0.4 is 0 Å². The average molecular weight is 239 g/mol. The van der Waals surface area contributed by atoms with Gasteiger partial charge in [0.1, 0.15) is 0 Å². The fraction of sp³-hybridized carbons (Fsp3) is 0.929. The van der Waals surface area contributed by atoms with E-state index in [0.717, 1.165) is 18.4 Å². The first-order valence-corrected chi connectivity index (χ1v) is 7.16. The Morgan fingerprint density at radius 3 is 2.71 bits per heavy atom. The number of aliphatic carboxylic acids is 1. The molecule has 1 N–H and O–H groups in total. The Morgan fingerprint density at radius 2 is 2.06 bits per heavy atom. The molecule has 17 heavy (non-hydrogen) atoms. The lowest BCUT2D eigenvalue weighted by Crippen LogP contribution is -2.47. The van der Waals surface area contributed by atoms with E-state index in [2.05, 4.69) is 11.8 Å². The molecule has 2 rings (SSSR count). The lowest BCUT2D eigenvalue weighted by molar-refractivity contribution is -0.137. The molecule has 0 bridgehead atoms. The quantitative estimate of drug-likeness (QED) is 0.820. The molecule has 0 radical (unpaired) electrons. The van der Waals surface area contributed by atoms with Crippen LogP contribution in [0.2, 0.25) is 0 Å². The van der Waals surface area contributed by atoms with Gasteiger partial charge in [0.05, 0.1) is 0 Å². The van der Waals surface area contributed by atoms with Gasteiger partial charge in [0.25, 0.3) is 0 Å². The van der Waals surface area contributed by atoms with Crippen LogP contribution in [0.25, 0.3) is 0 Å². The highest BCUT2D eigenvalue weighted by Gasteiger charge is 2.34. The zero-order valence-corrected chi connectivity index (χ0v) is 10.9. The van der Waals surface area contributed by atoms with Crippen LogP contribution in [0.5, 0.6) is 0 Å². The number of likely N-dealkylation sites (tertiary alicyclic amines) is 1. The first-order valence-electron chi connectivity index (χ1n) is 7.16. The summed E-state index contributed by atoms with van der Waals surface area (Å²) in [5.74, 6) is 0.162. The molecule has 0 spiro atoms. The molecule has 3 unspecified atom stereocenters. The van der Waals surface area contributed by atoms with Crippen molar-refractivity contribution < 1.29 is 9.90 Å². The van der Waals surface area contributed by atoms with E-state index in [0.29, 0.717) is 12.5 Å². The molecule has 3 heteroatoms. The standard InChI is InChI=1S/C14H25NO2/c1-11-5-4-7-13(11)15-10-3-2-6-12(15)8-9-14(16)17/h11-13H,2-10H2,1H3,(H,16,17). The van der Waals surface area contributed by atoms with Crippen LogP contribution in [-0.2, 0) is 4.79 Å². The Kier molecular flexibility index (Phi) is 4.43. The summed E-state index contributed by atoms with van der Waals surface area (Å²) in [7, 11) is 0. The van der Waals surface area contributed by atoms with Crippen molar-refractivity contribution in [2.45, 2.75) is 70.4 Å². The van der Waals surface area contributed by atoms with Gasteiger partial charge in [0, 0.05) is 18.5 Å². The number of hydrogen-bond acceptors (Lipinski definition) is 2. The van der Waals surface area contributed by atoms with Gasteiger partial charge in [-0.15, -0.1) is 0 Å². The Labute approximate surface area is 104 Å². The van der Waals surface area contributed by atoms with Crippen molar-refractivity contribution in [2.75, 3.05) is 6.54 Å². The van der Waals surface area contributed by atoms with Crippen LogP contribution in [0.15, 0.2) is 0 Å². The summed E-state index contributed by atoms with van der Waals surface area (Å²) < 4.78 is 0. The third-order valence-corrected chi connectivity index (χ3v) is 4.61. The fourth-order valence-corrected chi connectivity index (χ4v) is 3.68. The van der Waals surface area contributed by atoms with Crippen LogP contribution in [0, 0.1) is 5.92 Å². The summed E-state index contributed by atoms with van der Waals surface area (Å²) >= 11 is 0. The monoisotopic (exact) mass is 239 g/mol. The number of rotatable bonds is 4. The Balaban J connectivity index is 1.93. The molecule has 3 nitrogen and oxygen atoms in total. The van der Waals surface area contributed by atoms with Gasteiger partial charge >= 0.3 is 5.97 Å². The van der Waals surface area contributed by atoms with Crippen molar-refractivity contribution in [3.05, 3.63) is 0 Å². The first-order chi connectivity index (χ1) is 8.18. The lowest BCUT2D eigenvalue weighted by Gasteiger charge is -2.41. The molecule has 1 aliphatic heterocycles. The van der Waals surface area contributed by atoms with Crippen LogP contribution in [0.3, 0.4) is 0 Å². The molecule has 0 amide bonds. The van der Waals surface area contributed by atoms with Gasteiger partial charge in [-0.3, -0.25) is 9.69 Å². The molecule has 3 atom stereocenters. The Hall–Kier alpha value is -0.570. The summed E-state index contributed by atoms with van der Waals surface area (Å²) in [6.07, 6.45) is 9.00. The molecule has 0 aromatic rings. The van der Waals surface area contributed by atoms with Crippen LogP contribution in [0.1, 0.15) is 58.3 Å². The maximum absolute atomic E-state index is 10.7. The van der Waals surface area contributed by atoms with Gasteiger partial charge in [-0.05, 0) is 44.6 Å². The van der Waals surface area contributed by atoms with E-state index in [1.54, 1.807) is 0 Å². The zero-order valence-electron chi connectivity index (χ0n) is 10.9. The summed E-state index contributed by atoms with van der Waals surface area (Å²) in [6.45, 7) is 3.56. The maximum atomic E-state index is 10.7. The minimum absolute atomic E-state index is 0.336. The fourth-order valence-electron chi connectivity index (χ4n) is 3.68. The molecule has 1 saturated heterocycles. The van der Waals surface area contributed by atoms with Gasteiger partial charge in [0.2, 0.25) is 0 Å². The van der Waals surface area contributed by atoms with E-state index in [1.807, 2.05) is 0 Å². The van der Waals surface area contributed by atoms with Crippen LogP contribution in [0.4, 0.5) is 0 Å². The number of carboxylic acid groups (broad SMARTS) is 1. The third-order valence-electron chi connectivity index (χ3n) is 4.61. The molecule has 1 heterocycles. The van der Waals surface area contributed by atoms with Crippen molar-refractivity contribution in [3.63, 3.8) is 0 Å². The smallest absolute Gasteiger partial charge is 0.303 e. The van der Waals surface area contributed by atoms with E-state index < -0.39 is 5.97 Å². The minimum Gasteiger partial charge on any atom is -0.481 e. The van der Waals surface area contributed by atoms with Crippen LogP contribution >= 0.6 is 0 Å². The molecule has 0 aromatic carbocycles. The van der Waals surface area contributed by atoms with Crippen LogP contribution in [-0.4, -0.2) is 34.6 Å². The van der Waals surface area contributed by atoms with Gasteiger partial charge in [-0.2, -0.15) is 0 Å². The first kappa shape index (κ1) is 12.9. The van der Waals surface area contributed by atoms with Crippen molar-refractivity contribution in [2.24, 2.45) is 5.92 Å². The molecule has 98 valence electrons. The van der Waals surface area contributed by atoms with Gasteiger partial charge < -0.3 is 5.11 Å². The van der Waals surface area contributed by atoms with Crippen molar-refractivity contribution in [1.29, 1.82) is 0 Å². The molecule has 1 aliphatic carbocycles. The highest BCUT2D eigenvalue weighted by Crippen LogP contribution is 2.34. The number of nitrogens with zero attached hydrogens (tertiary/aromatic N) is 1. The number of piperidine rings is 1. The number of carboxylic acids is 1. The largest absolute Gasteiger partial charge is 0.481 e. The number of hydrogen-bond donors (Lipinski definition) is 1. The maximum Gasteiger partial charge on any atom is 0.303 e. The second kappa shape index (κ2) is 5.85. The Bertz CT molecular complexity index is 267. The SMILES string of the molecule is CC1CCCC1N1CCCCC1CCC(=O)O. The zero-order chi connectivity index (χ0) is 12.3. The van der Waals surface area contributed by atoms with E-state index in [1.165, 1.54) is 45.1 Å². The van der Waals surface area contributed by atoms with Crippen molar-refractivity contribution in [3.8, 4) is 0 Å². The topological polar surface area (TPSA) is 40.5 Å². The highest BCUT2D eigenvalue weighted by molar-refractivity contribution is 5.66. The third kappa shape index (κ3) is 3.21. The molecule has 2 fully saturated rings. The highest BCUT2D eigenvalue weighted by atomic mass is 16.4. The van der Waals surface area contributed by atoms with Gasteiger partial charge in [-0.1, -0.05) is 19.8 Å². The number of carbonyl (C=O) groups is 1. The predicted molar refractivity (Wildman–Crippen MR) is 68.0 cm³/mol. The second-order valence-electron chi connectivity index (χ2n) is 5.80. The minimum atomic E-state index is -0.644. The van der Waals surface area contributed by atoms with E-state index in [9.17, 15) is 4.79 Å². The summed E-state index contributed by atoms with van der Waals surface area (Å²) in [5.41, 5.74) is 0.